The molecule has 1 fully saturated rings. The summed E-state index contributed by atoms with van der Waals surface area (Å²) in [6.07, 6.45) is 5.27. The quantitative estimate of drug-likeness (QED) is 0.736. The van der Waals surface area contributed by atoms with Gasteiger partial charge >= 0.3 is 5.97 Å². The van der Waals surface area contributed by atoms with Crippen molar-refractivity contribution in [1.82, 2.24) is 5.32 Å². The molecule has 1 N–H and O–H groups in total. The fraction of sp³-hybridized carbons (Fsp3) is 0.900. The van der Waals surface area contributed by atoms with Crippen LogP contribution in [0.5, 0.6) is 0 Å². The van der Waals surface area contributed by atoms with Gasteiger partial charge in [-0.3, -0.25) is 4.79 Å². The maximum atomic E-state index is 10.8. The van der Waals surface area contributed by atoms with Crippen molar-refractivity contribution >= 4 is 18.4 Å². The van der Waals surface area contributed by atoms with E-state index in [1.54, 1.807) is 0 Å². The summed E-state index contributed by atoms with van der Waals surface area (Å²) in [7, 11) is 1.45. The standard InChI is InChI=1S/C10H19NO2.ClH/c1-13-10(12)4-2-3-9-5-7-11-8-6-9;/h9,11H,2-8H2,1H3;1H. The first-order valence-electron chi connectivity index (χ1n) is 5.10. The summed E-state index contributed by atoms with van der Waals surface area (Å²) in [4.78, 5) is 10.8. The van der Waals surface area contributed by atoms with Crippen LogP contribution in [0.3, 0.4) is 0 Å². The number of piperidine rings is 1. The van der Waals surface area contributed by atoms with E-state index in [-0.39, 0.29) is 18.4 Å². The van der Waals surface area contributed by atoms with Gasteiger partial charge in [-0.25, -0.2) is 0 Å². The molecule has 1 aliphatic rings. The zero-order valence-electron chi connectivity index (χ0n) is 8.75. The van der Waals surface area contributed by atoms with E-state index in [1.807, 2.05) is 0 Å². The van der Waals surface area contributed by atoms with Crippen LogP contribution in [0.2, 0.25) is 0 Å². The minimum atomic E-state index is -0.0751. The smallest absolute Gasteiger partial charge is 0.305 e. The average molecular weight is 222 g/mol. The number of nitrogens with one attached hydrogen (secondary N) is 1. The zero-order chi connectivity index (χ0) is 9.52. The summed E-state index contributed by atoms with van der Waals surface area (Å²) in [6.45, 7) is 2.28. The van der Waals surface area contributed by atoms with E-state index in [1.165, 1.54) is 26.4 Å². The summed E-state index contributed by atoms with van der Waals surface area (Å²) in [6, 6.07) is 0. The number of hydrogen-bond donors (Lipinski definition) is 1. The Morgan fingerprint density at radius 2 is 2.07 bits per heavy atom. The number of methoxy groups -OCH3 is 1. The van der Waals surface area contributed by atoms with Crippen LogP contribution in [0, 0.1) is 5.92 Å². The summed E-state index contributed by atoms with van der Waals surface area (Å²) >= 11 is 0. The molecule has 0 amide bonds. The van der Waals surface area contributed by atoms with Crippen molar-refractivity contribution in [3.63, 3.8) is 0 Å². The number of hydrogen-bond acceptors (Lipinski definition) is 3. The first-order chi connectivity index (χ1) is 6.33. The molecule has 3 nitrogen and oxygen atoms in total. The van der Waals surface area contributed by atoms with E-state index in [9.17, 15) is 4.79 Å². The number of carbonyl (C=O) groups is 1. The Labute approximate surface area is 92.0 Å². The van der Waals surface area contributed by atoms with Crippen molar-refractivity contribution in [3.05, 3.63) is 0 Å². The van der Waals surface area contributed by atoms with Crippen molar-refractivity contribution in [2.75, 3.05) is 20.2 Å². The van der Waals surface area contributed by atoms with Crippen LogP contribution in [-0.4, -0.2) is 26.2 Å². The lowest BCUT2D eigenvalue weighted by atomic mass is 9.92. The van der Waals surface area contributed by atoms with Gasteiger partial charge in [0, 0.05) is 6.42 Å². The SMILES string of the molecule is COC(=O)CCCC1CCNCC1.Cl. The third-order valence-electron chi connectivity index (χ3n) is 2.68. The van der Waals surface area contributed by atoms with E-state index in [0.717, 1.165) is 25.4 Å². The molecule has 1 heterocycles. The molecule has 0 aromatic heterocycles. The largest absolute Gasteiger partial charge is 0.469 e. The molecule has 0 saturated carbocycles. The lowest BCUT2D eigenvalue weighted by Crippen LogP contribution is -2.27. The second kappa shape index (κ2) is 8.06. The van der Waals surface area contributed by atoms with Gasteiger partial charge in [-0.05, 0) is 44.7 Å². The van der Waals surface area contributed by atoms with Gasteiger partial charge in [-0.15, -0.1) is 12.4 Å². The van der Waals surface area contributed by atoms with Gasteiger partial charge in [-0.2, -0.15) is 0 Å². The average Bonchev–Trinajstić information content (AvgIpc) is 2.19. The summed E-state index contributed by atoms with van der Waals surface area (Å²) in [5.74, 6) is 0.750. The number of rotatable bonds is 4. The number of ether oxygens (including phenoxy) is 1. The lowest BCUT2D eigenvalue weighted by molar-refractivity contribution is -0.140. The molecule has 0 aromatic carbocycles. The molecule has 0 aromatic rings. The predicted octanol–water partition coefficient (Wildman–Crippen LogP) is 1.75. The number of halogens is 1. The van der Waals surface area contributed by atoms with Gasteiger partial charge in [0.2, 0.25) is 0 Å². The number of esters is 1. The normalized spacial score (nSPS) is 17.2. The molecule has 0 unspecified atom stereocenters. The third kappa shape index (κ3) is 5.45. The first kappa shape index (κ1) is 13.7. The maximum absolute atomic E-state index is 10.8. The van der Waals surface area contributed by atoms with E-state index >= 15 is 0 Å². The van der Waals surface area contributed by atoms with Gasteiger partial charge in [-0.1, -0.05) is 0 Å². The molecule has 1 aliphatic heterocycles. The van der Waals surface area contributed by atoms with E-state index in [4.69, 9.17) is 0 Å². The highest BCUT2D eigenvalue weighted by atomic mass is 35.5. The van der Waals surface area contributed by atoms with Crippen LogP contribution in [0.15, 0.2) is 0 Å². The molecule has 1 rings (SSSR count). The first-order valence-corrected chi connectivity index (χ1v) is 5.10. The topological polar surface area (TPSA) is 38.3 Å². The van der Waals surface area contributed by atoms with Crippen molar-refractivity contribution in [1.29, 1.82) is 0 Å². The number of carbonyl (C=O) groups excluding carboxylic acids is 1. The Morgan fingerprint density at radius 1 is 1.43 bits per heavy atom. The molecule has 0 aliphatic carbocycles. The Bertz CT molecular complexity index is 158. The van der Waals surface area contributed by atoms with Crippen molar-refractivity contribution < 1.29 is 9.53 Å². The van der Waals surface area contributed by atoms with Crippen LogP contribution < -0.4 is 5.32 Å². The molecule has 14 heavy (non-hydrogen) atoms. The molecule has 0 bridgehead atoms. The summed E-state index contributed by atoms with van der Waals surface area (Å²) in [5.41, 5.74) is 0. The van der Waals surface area contributed by atoms with Crippen LogP contribution in [0.1, 0.15) is 32.1 Å². The highest BCUT2D eigenvalue weighted by molar-refractivity contribution is 5.85. The fourth-order valence-corrected chi connectivity index (χ4v) is 1.81. The fourth-order valence-electron chi connectivity index (χ4n) is 1.81. The minimum absolute atomic E-state index is 0. The molecule has 1 saturated heterocycles. The Hall–Kier alpha value is -0.280. The Kier molecular flexibility index (Phi) is 7.90. The maximum Gasteiger partial charge on any atom is 0.305 e. The Morgan fingerprint density at radius 3 is 2.64 bits per heavy atom. The molecular formula is C10H20ClNO2. The van der Waals surface area contributed by atoms with Gasteiger partial charge in [0.05, 0.1) is 7.11 Å². The van der Waals surface area contributed by atoms with E-state index < -0.39 is 0 Å². The van der Waals surface area contributed by atoms with Gasteiger partial charge in [0.1, 0.15) is 0 Å². The molecule has 0 atom stereocenters. The van der Waals surface area contributed by atoms with Gasteiger partial charge in [0.25, 0.3) is 0 Å². The molecule has 0 spiro atoms. The van der Waals surface area contributed by atoms with Crippen LogP contribution in [0.25, 0.3) is 0 Å². The summed E-state index contributed by atoms with van der Waals surface area (Å²) in [5, 5.41) is 3.33. The molecular weight excluding hydrogens is 202 g/mol. The van der Waals surface area contributed by atoms with E-state index in [2.05, 4.69) is 10.1 Å². The Balaban J connectivity index is 0.00000169. The predicted molar refractivity (Wildman–Crippen MR) is 58.7 cm³/mol. The van der Waals surface area contributed by atoms with Crippen molar-refractivity contribution in [3.8, 4) is 0 Å². The molecule has 0 radical (unpaired) electrons. The van der Waals surface area contributed by atoms with Crippen LogP contribution in [0.4, 0.5) is 0 Å². The highest BCUT2D eigenvalue weighted by Crippen LogP contribution is 2.18. The van der Waals surface area contributed by atoms with E-state index in [0.29, 0.717) is 6.42 Å². The second-order valence-electron chi connectivity index (χ2n) is 3.66. The van der Waals surface area contributed by atoms with Gasteiger partial charge < -0.3 is 10.1 Å². The summed E-state index contributed by atoms with van der Waals surface area (Å²) < 4.78 is 4.59. The molecule has 4 heteroatoms. The van der Waals surface area contributed by atoms with Gasteiger partial charge in [0.15, 0.2) is 0 Å². The van der Waals surface area contributed by atoms with Crippen molar-refractivity contribution in [2.24, 2.45) is 5.92 Å². The van der Waals surface area contributed by atoms with Crippen molar-refractivity contribution in [2.45, 2.75) is 32.1 Å². The molecule has 84 valence electrons. The third-order valence-corrected chi connectivity index (χ3v) is 2.68. The monoisotopic (exact) mass is 221 g/mol. The zero-order valence-corrected chi connectivity index (χ0v) is 9.57. The second-order valence-corrected chi connectivity index (χ2v) is 3.66. The van der Waals surface area contributed by atoms with Crippen LogP contribution in [-0.2, 0) is 9.53 Å². The highest BCUT2D eigenvalue weighted by Gasteiger charge is 2.12. The van der Waals surface area contributed by atoms with Crippen LogP contribution >= 0.6 is 12.4 Å². The minimum Gasteiger partial charge on any atom is -0.469 e. The lowest BCUT2D eigenvalue weighted by Gasteiger charge is -2.22.